The maximum atomic E-state index is 13.3. The van der Waals surface area contributed by atoms with Crippen LogP contribution < -0.4 is 0 Å². The molecule has 0 amide bonds. The van der Waals surface area contributed by atoms with E-state index in [1.54, 1.807) is 12.3 Å². The molecular weight excluding hydrogens is 337 g/mol. The van der Waals surface area contributed by atoms with Crippen LogP contribution in [0.2, 0.25) is 0 Å². The van der Waals surface area contributed by atoms with Gasteiger partial charge in [0.15, 0.2) is 10.8 Å². The maximum absolute atomic E-state index is 13.3. The van der Waals surface area contributed by atoms with E-state index in [1.807, 2.05) is 30.1 Å². The first-order chi connectivity index (χ1) is 12.1. The fourth-order valence-corrected chi connectivity index (χ4v) is 3.16. The number of hydrogen-bond donors (Lipinski definition) is 0. The summed E-state index contributed by atoms with van der Waals surface area (Å²) in [6.07, 6.45) is 3.58. The maximum Gasteiger partial charge on any atom is 0.206 e. The van der Waals surface area contributed by atoms with Gasteiger partial charge in [0.2, 0.25) is 5.82 Å². The number of thiazole rings is 1. The molecular formula is C18H12FN5S. The van der Waals surface area contributed by atoms with Crippen molar-refractivity contribution in [3.8, 4) is 22.7 Å². The molecule has 0 aliphatic carbocycles. The number of halogens is 1. The van der Waals surface area contributed by atoms with E-state index in [-0.39, 0.29) is 5.82 Å². The average molecular weight is 349 g/mol. The van der Waals surface area contributed by atoms with Crippen LogP contribution in [0.25, 0.3) is 21.7 Å². The average Bonchev–Trinajstić information content (AvgIpc) is 3.23. The summed E-state index contributed by atoms with van der Waals surface area (Å²) in [5.41, 5.74) is 1.98. The van der Waals surface area contributed by atoms with Crippen molar-refractivity contribution in [2.24, 2.45) is 7.05 Å². The fourth-order valence-electron chi connectivity index (χ4n) is 2.49. The first-order valence-corrected chi connectivity index (χ1v) is 8.37. The van der Waals surface area contributed by atoms with Crippen molar-refractivity contribution in [2.45, 2.75) is 6.92 Å². The Balaban J connectivity index is 1.71. The van der Waals surface area contributed by atoms with Crippen LogP contribution in [0.1, 0.15) is 17.2 Å². The predicted molar refractivity (Wildman–Crippen MR) is 94.5 cm³/mol. The molecule has 0 bridgehead atoms. The van der Waals surface area contributed by atoms with Gasteiger partial charge in [-0.2, -0.15) is 0 Å². The topological polar surface area (TPSA) is 56.5 Å². The van der Waals surface area contributed by atoms with E-state index in [1.165, 1.54) is 23.5 Å². The molecule has 0 aliphatic heterocycles. The molecule has 0 saturated heterocycles. The summed E-state index contributed by atoms with van der Waals surface area (Å²) in [7, 11) is 1.90. The second-order valence-corrected chi connectivity index (χ2v) is 6.34. The third-order valence-electron chi connectivity index (χ3n) is 3.65. The molecule has 0 fully saturated rings. The van der Waals surface area contributed by atoms with Crippen LogP contribution in [-0.2, 0) is 7.05 Å². The van der Waals surface area contributed by atoms with Crippen LogP contribution in [0, 0.1) is 24.6 Å². The van der Waals surface area contributed by atoms with E-state index >= 15 is 0 Å². The molecule has 0 atom stereocenters. The lowest BCUT2D eigenvalue weighted by molar-refractivity contribution is 0.629. The van der Waals surface area contributed by atoms with Crippen molar-refractivity contribution in [3.63, 3.8) is 0 Å². The Morgan fingerprint density at radius 3 is 2.84 bits per heavy atom. The number of hydrogen-bond acceptors (Lipinski definition) is 5. The molecule has 0 radical (unpaired) electrons. The van der Waals surface area contributed by atoms with Gasteiger partial charge in [-0.15, -0.1) is 11.3 Å². The molecule has 1 aromatic carbocycles. The lowest BCUT2D eigenvalue weighted by Gasteiger charge is -2.01. The monoisotopic (exact) mass is 349 g/mol. The van der Waals surface area contributed by atoms with Gasteiger partial charge >= 0.3 is 0 Å². The minimum atomic E-state index is -0.304. The van der Waals surface area contributed by atoms with Gasteiger partial charge < -0.3 is 4.57 Å². The standard InChI is InChI=1S/C18H12FN5S/c1-11-14-9-12(19)3-5-15(14)23-16(21-11)6-4-13-10-24(2)17(22-13)18-20-7-8-25-18/h3,5,7-10H,1-2H3. The van der Waals surface area contributed by atoms with Crippen LogP contribution in [0.3, 0.4) is 0 Å². The minimum Gasteiger partial charge on any atom is -0.331 e. The van der Waals surface area contributed by atoms with Crippen LogP contribution >= 0.6 is 11.3 Å². The zero-order valence-corrected chi connectivity index (χ0v) is 14.3. The van der Waals surface area contributed by atoms with E-state index in [9.17, 15) is 4.39 Å². The van der Waals surface area contributed by atoms with Crippen molar-refractivity contribution >= 4 is 22.2 Å². The van der Waals surface area contributed by atoms with Gasteiger partial charge in [0.05, 0.1) is 5.52 Å². The summed E-state index contributed by atoms with van der Waals surface area (Å²) in [5.74, 6) is 6.77. The molecule has 25 heavy (non-hydrogen) atoms. The van der Waals surface area contributed by atoms with E-state index in [0.29, 0.717) is 28.1 Å². The Bertz CT molecular complexity index is 1140. The quantitative estimate of drug-likeness (QED) is 0.495. The highest BCUT2D eigenvalue weighted by molar-refractivity contribution is 7.13. The van der Waals surface area contributed by atoms with Crippen molar-refractivity contribution in [2.75, 3.05) is 0 Å². The summed E-state index contributed by atoms with van der Waals surface area (Å²) in [4.78, 5) is 17.5. The number of fused-ring (bicyclic) bond motifs is 1. The Hall–Kier alpha value is -3.11. The number of rotatable bonds is 1. The van der Waals surface area contributed by atoms with Crippen molar-refractivity contribution in [1.29, 1.82) is 0 Å². The molecule has 0 saturated carbocycles. The second kappa shape index (κ2) is 6.07. The highest BCUT2D eigenvalue weighted by Crippen LogP contribution is 2.20. The molecule has 0 unspecified atom stereocenters. The lowest BCUT2D eigenvalue weighted by atomic mass is 10.2. The molecule has 5 nitrogen and oxygen atoms in total. The SMILES string of the molecule is Cc1nc(C#Cc2cn(C)c(-c3nccs3)n2)nc2ccc(F)cc12. The number of imidazole rings is 1. The third kappa shape index (κ3) is 2.99. The number of nitrogens with zero attached hydrogens (tertiary/aromatic N) is 5. The fraction of sp³-hybridized carbons (Fsp3) is 0.111. The zero-order valence-electron chi connectivity index (χ0n) is 13.5. The van der Waals surface area contributed by atoms with Gasteiger partial charge in [0.25, 0.3) is 0 Å². The van der Waals surface area contributed by atoms with Crippen LogP contribution in [0.5, 0.6) is 0 Å². The van der Waals surface area contributed by atoms with Crippen LogP contribution in [0.15, 0.2) is 36.0 Å². The summed E-state index contributed by atoms with van der Waals surface area (Å²) >= 11 is 1.52. The zero-order chi connectivity index (χ0) is 17.4. The van der Waals surface area contributed by atoms with E-state index in [0.717, 1.165) is 10.8 Å². The van der Waals surface area contributed by atoms with Gasteiger partial charge in [-0.3, -0.25) is 0 Å². The van der Waals surface area contributed by atoms with Gasteiger partial charge in [-0.05, 0) is 37.0 Å². The summed E-state index contributed by atoms with van der Waals surface area (Å²) in [5, 5.41) is 3.44. The van der Waals surface area contributed by atoms with E-state index in [2.05, 4.69) is 31.8 Å². The molecule has 4 rings (SSSR count). The predicted octanol–water partition coefficient (Wildman–Crippen LogP) is 3.33. The first kappa shape index (κ1) is 15.4. The Kier molecular flexibility index (Phi) is 3.75. The van der Waals surface area contributed by atoms with Gasteiger partial charge in [0.1, 0.15) is 11.5 Å². The van der Waals surface area contributed by atoms with Crippen molar-refractivity contribution in [1.82, 2.24) is 24.5 Å². The van der Waals surface area contributed by atoms with Crippen molar-refractivity contribution in [3.05, 3.63) is 59.0 Å². The second-order valence-electron chi connectivity index (χ2n) is 5.44. The number of aryl methyl sites for hydroxylation is 2. The van der Waals surface area contributed by atoms with Gasteiger partial charge in [-0.1, -0.05) is 0 Å². The smallest absolute Gasteiger partial charge is 0.206 e. The highest BCUT2D eigenvalue weighted by Gasteiger charge is 2.09. The number of aromatic nitrogens is 5. The largest absolute Gasteiger partial charge is 0.331 e. The molecule has 3 heterocycles. The van der Waals surface area contributed by atoms with E-state index in [4.69, 9.17) is 0 Å². The molecule has 0 N–H and O–H groups in total. The van der Waals surface area contributed by atoms with Gasteiger partial charge in [-0.25, -0.2) is 24.3 Å². The highest BCUT2D eigenvalue weighted by atomic mass is 32.1. The molecule has 0 spiro atoms. The third-order valence-corrected chi connectivity index (χ3v) is 4.42. The van der Waals surface area contributed by atoms with E-state index < -0.39 is 0 Å². The first-order valence-electron chi connectivity index (χ1n) is 7.49. The summed E-state index contributed by atoms with van der Waals surface area (Å²) in [6.45, 7) is 1.82. The molecule has 7 heteroatoms. The molecule has 0 aliphatic rings. The van der Waals surface area contributed by atoms with Crippen LogP contribution in [-0.4, -0.2) is 24.5 Å². The van der Waals surface area contributed by atoms with Gasteiger partial charge in [0, 0.05) is 35.9 Å². The normalized spacial score (nSPS) is 10.7. The summed E-state index contributed by atoms with van der Waals surface area (Å²) in [6, 6.07) is 4.44. The Morgan fingerprint density at radius 1 is 1.16 bits per heavy atom. The minimum absolute atomic E-state index is 0.304. The van der Waals surface area contributed by atoms with Crippen LogP contribution in [0.4, 0.5) is 4.39 Å². The Labute approximate surface area is 147 Å². The molecule has 122 valence electrons. The van der Waals surface area contributed by atoms with Crippen molar-refractivity contribution < 1.29 is 4.39 Å². The number of benzene rings is 1. The Morgan fingerprint density at radius 2 is 2.04 bits per heavy atom. The molecule has 3 aromatic heterocycles. The molecule has 4 aromatic rings. The summed E-state index contributed by atoms with van der Waals surface area (Å²) < 4.78 is 15.2. The lowest BCUT2D eigenvalue weighted by Crippen LogP contribution is -1.95.